The van der Waals surface area contributed by atoms with Crippen LogP contribution in [0.5, 0.6) is 0 Å². The van der Waals surface area contributed by atoms with Crippen molar-refractivity contribution >= 4 is 24.5 Å². The van der Waals surface area contributed by atoms with Gasteiger partial charge in [-0.3, -0.25) is 4.79 Å². The van der Waals surface area contributed by atoms with Gasteiger partial charge >= 0.3 is 5.97 Å². The first-order valence-corrected chi connectivity index (χ1v) is 6.00. The van der Waals surface area contributed by atoms with E-state index in [0.717, 1.165) is 6.42 Å². The summed E-state index contributed by atoms with van der Waals surface area (Å²) in [5, 5.41) is 11.4. The van der Waals surface area contributed by atoms with E-state index in [0.29, 0.717) is 25.1 Å². The number of carboxylic acid groups (broad SMARTS) is 1. The predicted octanol–water partition coefficient (Wildman–Crippen LogP) is 0.251. The molecule has 0 heterocycles. The fourth-order valence-electron chi connectivity index (χ4n) is 1.15. The summed E-state index contributed by atoms with van der Waals surface area (Å²) in [7, 11) is 0. The monoisotopic (exact) mass is 248 g/mol. The molecular formula is C10H20N2O3S. The molecule has 0 spiro atoms. The minimum atomic E-state index is -1.00. The van der Waals surface area contributed by atoms with Gasteiger partial charge in [0.05, 0.1) is 0 Å². The molecule has 0 saturated carbocycles. The topological polar surface area (TPSA) is 92.4 Å². The van der Waals surface area contributed by atoms with Crippen LogP contribution < -0.4 is 11.1 Å². The van der Waals surface area contributed by atoms with Crippen LogP contribution in [-0.2, 0) is 9.59 Å². The van der Waals surface area contributed by atoms with Gasteiger partial charge in [0, 0.05) is 11.7 Å². The molecule has 0 aromatic heterocycles. The SMILES string of the molecule is CC(CS)C(=O)N[C@@H](CCCCN)C(=O)O. The highest BCUT2D eigenvalue weighted by Crippen LogP contribution is 2.04. The van der Waals surface area contributed by atoms with E-state index in [1.165, 1.54) is 0 Å². The largest absolute Gasteiger partial charge is 0.480 e. The quantitative estimate of drug-likeness (QED) is 0.366. The summed E-state index contributed by atoms with van der Waals surface area (Å²) in [6, 6.07) is -0.818. The Kier molecular flexibility index (Phi) is 8.01. The molecule has 2 atom stereocenters. The van der Waals surface area contributed by atoms with Crippen molar-refractivity contribution < 1.29 is 14.7 Å². The molecule has 0 saturated heterocycles. The number of hydrogen-bond acceptors (Lipinski definition) is 4. The number of aliphatic carboxylic acids is 1. The Hall–Kier alpha value is -0.750. The minimum Gasteiger partial charge on any atom is -0.480 e. The highest BCUT2D eigenvalue weighted by molar-refractivity contribution is 7.80. The molecule has 0 aliphatic heterocycles. The number of carboxylic acids is 1. The van der Waals surface area contributed by atoms with E-state index in [4.69, 9.17) is 10.8 Å². The zero-order valence-corrected chi connectivity index (χ0v) is 10.4. The van der Waals surface area contributed by atoms with Gasteiger partial charge in [-0.05, 0) is 25.8 Å². The van der Waals surface area contributed by atoms with Gasteiger partial charge in [-0.25, -0.2) is 4.79 Å². The molecule has 0 radical (unpaired) electrons. The minimum absolute atomic E-state index is 0.268. The Morgan fingerprint density at radius 2 is 2.06 bits per heavy atom. The van der Waals surface area contributed by atoms with E-state index in [-0.39, 0.29) is 11.8 Å². The van der Waals surface area contributed by atoms with Gasteiger partial charge < -0.3 is 16.2 Å². The third-order valence-corrected chi connectivity index (χ3v) is 2.83. The van der Waals surface area contributed by atoms with Crippen molar-refractivity contribution in [3.63, 3.8) is 0 Å². The van der Waals surface area contributed by atoms with E-state index >= 15 is 0 Å². The van der Waals surface area contributed by atoms with E-state index in [9.17, 15) is 9.59 Å². The van der Waals surface area contributed by atoms with Gasteiger partial charge in [0.25, 0.3) is 0 Å². The van der Waals surface area contributed by atoms with Crippen molar-refractivity contribution in [1.29, 1.82) is 0 Å². The van der Waals surface area contributed by atoms with Crippen LogP contribution in [0.15, 0.2) is 0 Å². The summed E-state index contributed by atoms with van der Waals surface area (Å²) in [6.07, 6.45) is 1.88. The van der Waals surface area contributed by atoms with Crippen LogP contribution in [0.2, 0.25) is 0 Å². The highest BCUT2D eigenvalue weighted by Gasteiger charge is 2.21. The molecule has 4 N–H and O–H groups in total. The van der Waals surface area contributed by atoms with Gasteiger partial charge in [0.1, 0.15) is 6.04 Å². The fraction of sp³-hybridized carbons (Fsp3) is 0.800. The number of thiol groups is 1. The Labute approximate surface area is 101 Å². The predicted molar refractivity (Wildman–Crippen MR) is 65.5 cm³/mol. The zero-order valence-electron chi connectivity index (χ0n) is 9.48. The second-order valence-corrected chi connectivity index (χ2v) is 4.13. The number of carbonyl (C=O) groups excluding carboxylic acids is 1. The molecular weight excluding hydrogens is 228 g/mol. The van der Waals surface area contributed by atoms with E-state index < -0.39 is 12.0 Å². The molecule has 0 bridgehead atoms. The standard InChI is InChI=1S/C10H20N2O3S/c1-7(6-16)9(13)12-8(10(14)15)4-2-3-5-11/h7-8,16H,2-6,11H2,1H3,(H,12,13)(H,14,15)/t7?,8-/m0/s1. The van der Waals surface area contributed by atoms with Gasteiger partial charge in [-0.1, -0.05) is 6.92 Å². The van der Waals surface area contributed by atoms with Crippen LogP contribution in [0.4, 0.5) is 0 Å². The van der Waals surface area contributed by atoms with Crippen LogP contribution in [0.25, 0.3) is 0 Å². The van der Waals surface area contributed by atoms with Crippen molar-refractivity contribution in [2.24, 2.45) is 11.7 Å². The van der Waals surface area contributed by atoms with Crippen LogP contribution in [-0.4, -0.2) is 35.3 Å². The van der Waals surface area contributed by atoms with Gasteiger partial charge in [-0.2, -0.15) is 12.6 Å². The Morgan fingerprint density at radius 3 is 2.50 bits per heavy atom. The van der Waals surface area contributed by atoms with Crippen molar-refractivity contribution in [3.8, 4) is 0 Å². The maximum atomic E-state index is 11.5. The number of amides is 1. The maximum absolute atomic E-state index is 11.5. The lowest BCUT2D eigenvalue weighted by Crippen LogP contribution is -2.43. The second-order valence-electron chi connectivity index (χ2n) is 3.77. The molecule has 0 aliphatic carbocycles. The van der Waals surface area contributed by atoms with Crippen LogP contribution >= 0.6 is 12.6 Å². The third-order valence-electron chi connectivity index (χ3n) is 2.28. The molecule has 0 aromatic carbocycles. The number of nitrogens with two attached hydrogens (primary N) is 1. The average molecular weight is 248 g/mol. The lowest BCUT2D eigenvalue weighted by molar-refractivity contribution is -0.142. The van der Waals surface area contributed by atoms with Crippen LogP contribution in [0, 0.1) is 5.92 Å². The first-order chi connectivity index (χ1) is 7.52. The van der Waals surface area contributed by atoms with Crippen molar-refractivity contribution in [1.82, 2.24) is 5.32 Å². The Bertz CT molecular complexity index is 236. The molecule has 16 heavy (non-hydrogen) atoms. The maximum Gasteiger partial charge on any atom is 0.326 e. The summed E-state index contributed by atoms with van der Waals surface area (Å²) < 4.78 is 0. The fourth-order valence-corrected chi connectivity index (χ4v) is 1.31. The summed E-state index contributed by atoms with van der Waals surface area (Å²) in [6.45, 7) is 2.24. The summed E-state index contributed by atoms with van der Waals surface area (Å²) >= 11 is 3.99. The smallest absolute Gasteiger partial charge is 0.326 e. The highest BCUT2D eigenvalue weighted by atomic mass is 32.1. The molecule has 0 rings (SSSR count). The van der Waals surface area contributed by atoms with Crippen molar-refractivity contribution in [2.75, 3.05) is 12.3 Å². The van der Waals surface area contributed by atoms with Gasteiger partial charge in [0.2, 0.25) is 5.91 Å². The first-order valence-electron chi connectivity index (χ1n) is 5.37. The number of hydrogen-bond donors (Lipinski definition) is 4. The van der Waals surface area contributed by atoms with Crippen LogP contribution in [0.1, 0.15) is 26.2 Å². The van der Waals surface area contributed by atoms with E-state index in [1.807, 2.05) is 0 Å². The average Bonchev–Trinajstić information content (AvgIpc) is 2.26. The molecule has 0 aliphatic rings. The lowest BCUT2D eigenvalue weighted by atomic mass is 10.1. The summed E-state index contributed by atoms with van der Waals surface area (Å²) in [5.74, 6) is -1.15. The molecule has 94 valence electrons. The van der Waals surface area contributed by atoms with Crippen LogP contribution in [0.3, 0.4) is 0 Å². The number of rotatable bonds is 8. The number of unbranched alkanes of at least 4 members (excludes halogenated alkanes) is 1. The summed E-state index contributed by atoms with van der Waals surface area (Å²) in [5.41, 5.74) is 5.32. The van der Waals surface area contributed by atoms with Gasteiger partial charge in [0.15, 0.2) is 0 Å². The molecule has 0 aromatic rings. The molecule has 5 nitrogen and oxygen atoms in total. The Morgan fingerprint density at radius 1 is 1.44 bits per heavy atom. The van der Waals surface area contributed by atoms with E-state index in [2.05, 4.69) is 17.9 Å². The number of nitrogens with one attached hydrogen (secondary N) is 1. The van der Waals surface area contributed by atoms with Crippen molar-refractivity contribution in [3.05, 3.63) is 0 Å². The number of carbonyl (C=O) groups is 2. The first kappa shape index (κ1) is 15.2. The second kappa shape index (κ2) is 8.41. The van der Waals surface area contributed by atoms with Crippen molar-refractivity contribution in [2.45, 2.75) is 32.2 Å². The third kappa shape index (κ3) is 5.97. The Balaban J connectivity index is 4.12. The molecule has 6 heteroatoms. The van der Waals surface area contributed by atoms with E-state index in [1.54, 1.807) is 6.92 Å². The molecule has 1 unspecified atom stereocenters. The normalized spacial score (nSPS) is 14.2. The molecule has 0 fully saturated rings. The van der Waals surface area contributed by atoms with Gasteiger partial charge in [-0.15, -0.1) is 0 Å². The molecule has 1 amide bonds. The zero-order chi connectivity index (χ0) is 12.6. The lowest BCUT2D eigenvalue weighted by Gasteiger charge is -2.16. The summed E-state index contributed by atoms with van der Waals surface area (Å²) in [4.78, 5) is 22.3.